The SMILES string of the molecule is Nc1cnc(N)c(C(=O)Cl)c1C(F)F. The number of carbonyl (C=O) groups is 1. The number of anilines is 2. The van der Waals surface area contributed by atoms with Crippen LogP contribution in [0.2, 0.25) is 0 Å². The minimum Gasteiger partial charge on any atom is -0.397 e. The molecule has 1 heterocycles. The highest BCUT2D eigenvalue weighted by atomic mass is 35.5. The summed E-state index contributed by atoms with van der Waals surface area (Å²) in [6, 6.07) is 0. The van der Waals surface area contributed by atoms with Crippen molar-refractivity contribution in [2.45, 2.75) is 6.43 Å². The number of rotatable bonds is 2. The van der Waals surface area contributed by atoms with Gasteiger partial charge in [-0.3, -0.25) is 4.79 Å². The Labute approximate surface area is 82.9 Å². The maximum absolute atomic E-state index is 12.5. The Morgan fingerprint density at radius 1 is 1.50 bits per heavy atom. The van der Waals surface area contributed by atoms with Crippen molar-refractivity contribution < 1.29 is 13.6 Å². The molecule has 0 amide bonds. The third-order valence-electron chi connectivity index (χ3n) is 1.59. The molecule has 0 aromatic carbocycles. The van der Waals surface area contributed by atoms with Gasteiger partial charge in [0.05, 0.1) is 23.0 Å². The van der Waals surface area contributed by atoms with Gasteiger partial charge < -0.3 is 11.5 Å². The summed E-state index contributed by atoms with van der Waals surface area (Å²) in [4.78, 5) is 14.3. The molecule has 0 unspecified atom stereocenters. The van der Waals surface area contributed by atoms with Crippen LogP contribution in [0.25, 0.3) is 0 Å². The van der Waals surface area contributed by atoms with E-state index in [-0.39, 0.29) is 11.5 Å². The second-order valence-electron chi connectivity index (χ2n) is 2.46. The first-order valence-electron chi connectivity index (χ1n) is 3.47. The summed E-state index contributed by atoms with van der Waals surface area (Å²) in [7, 11) is 0. The minimum absolute atomic E-state index is 0.307. The van der Waals surface area contributed by atoms with Crippen LogP contribution in [0.5, 0.6) is 0 Å². The molecule has 0 spiro atoms. The monoisotopic (exact) mass is 221 g/mol. The zero-order valence-corrected chi connectivity index (χ0v) is 7.55. The highest BCUT2D eigenvalue weighted by Crippen LogP contribution is 2.31. The number of hydrogen-bond acceptors (Lipinski definition) is 4. The summed E-state index contributed by atoms with van der Waals surface area (Å²) in [5.74, 6) is -0.352. The smallest absolute Gasteiger partial charge is 0.266 e. The second-order valence-corrected chi connectivity index (χ2v) is 2.81. The topological polar surface area (TPSA) is 82.0 Å². The molecule has 0 bridgehead atoms. The number of carbonyl (C=O) groups excluding carboxylic acids is 1. The van der Waals surface area contributed by atoms with Gasteiger partial charge in [0, 0.05) is 0 Å². The molecule has 4 N–H and O–H groups in total. The van der Waals surface area contributed by atoms with E-state index in [0.717, 1.165) is 6.20 Å². The maximum Gasteiger partial charge on any atom is 0.266 e. The fourth-order valence-corrected chi connectivity index (χ4v) is 1.20. The normalized spacial score (nSPS) is 10.6. The number of alkyl halides is 2. The average Bonchev–Trinajstić information content (AvgIpc) is 2.07. The van der Waals surface area contributed by atoms with Crippen LogP contribution in [0, 0.1) is 0 Å². The van der Waals surface area contributed by atoms with Crippen LogP contribution in [0.15, 0.2) is 6.20 Å². The summed E-state index contributed by atoms with van der Waals surface area (Å²) < 4.78 is 24.9. The molecule has 76 valence electrons. The van der Waals surface area contributed by atoms with Gasteiger partial charge in [0.1, 0.15) is 5.82 Å². The van der Waals surface area contributed by atoms with Crippen LogP contribution < -0.4 is 11.5 Å². The quantitative estimate of drug-likeness (QED) is 0.743. The predicted octanol–water partition coefficient (Wildman–Crippen LogP) is 1.56. The first-order valence-corrected chi connectivity index (χ1v) is 3.84. The van der Waals surface area contributed by atoms with Gasteiger partial charge in [-0.1, -0.05) is 0 Å². The molecule has 4 nitrogen and oxygen atoms in total. The molecule has 0 saturated heterocycles. The van der Waals surface area contributed by atoms with E-state index in [0.29, 0.717) is 0 Å². The van der Waals surface area contributed by atoms with Crippen molar-refractivity contribution >= 4 is 28.3 Å². The van der Waals surface area contributed by atoms with E-state index in [1.165, 1.54) is 0 Å². The van der Waals surface area contributed by atoms with Gasteiger partial charge in [-0.25, -0.2) is 13.8 Å². The van der Waals surface area contributed by atoms with Crippen molar-refractivity contribution in [3.63, 3.8) is 0 Å². The molecular weight excluding hydrogens is 216 g/mol. The van der Waals surface area contributed by atoms with Crippen LogP contribution in [-0.2, 0) is 0 Å². The van der Waals surface area contributed by atoms with Crippen LogP contribution >= 0.6 is 11.6 Å². The van der Waals surface area contributed by atoms with Gasteiger partial charge in [-0.15, -0.1) is 0 Å². The second kappa shape index (κ2) is 3.75. The number of aromatic nitrogens is 1. The highest BCUT2D eigenvalue weighted by molar-refractivity contribution is 6.68. The van der Waals surface area contributed by atoms with Gasteiger partial charge >= 0.3 is 0 Å². The molecule has 0 fully saturated rings. The molecule has 0 atom stereocenters. The van der Waals surface area contributed by atoms with Crippen molar-refractivity contribution in [1.82, 2.24) is 4.98 Å². The third kappa shape index (κ3) is 1.74. The van der Waals surface area contributed by atoms with Gasteiger partial charge in [-0.05, 0) is 11.6 Å². The maximum atomic E-state index is 12.5. The molecule has 0 saturated carbocycles. The lowest BCUT2D eigenvalue weighted by Crippen LogP contribution is -2.09. The fourth-order valence-electron chi connectivity index (χ4n) is 0.997. The van der Waals surface area contributed by atoms with Crippen LogP contribution in [0.3, 0.4) is 0 Å². The largest absolute Gasteiger partial charge is 0.397 e. The Balaban J connectivity index is 3.50. The predicted molar refractivity (Wildman–Crippen MR) is 48.2 cm³/mol. The average molecular weight is 222 g/mol. The highest BCUT2D eigenvalue weighted by Gasteiger charge is 2.23. The number of nitrogen functional groups attached to an aromatic ring is 2. The van der Waals surface area contributed by atoms with Crippen molar-refractivity contribution in [2.24, 2.45) is 0 Å². The molecule has 7 heteroatoms. The molecule has 1 aromatic rings. The summed E-state index contributed by atoms with van der Waals surface area (Å²) in [6.45, 7) is 0. The van der Waals surface area contributed by atoms with Gasteiger partial charge in [0.25, 0.3) is 11.7 Å². The Morgan fingerprint density at radius 3 is 2.43 bits per heavy atom. The number of halogens is 3. The summed E-state index contributed by atoms with van der Waals surface area (Å²) in [6.07, 6.45) is -1.96. The third-order valence-corrected chi connectivity index (χ3v) is 1.78. The first kappa shape index (κ1) is 10.6. The molecule has 0 radical (unpaired) electrons. The van der Waals surface area contributed by atoms with E-state index in [1.54, 1.807) is 0 Å². The Bertz CT molecular complexity index is 383. The molecule has 0 aliphatic rings. The first-order chi connectivity index (χ1) is 6.45. The molecule has 0 aliphatic heterocycles. The molecular formula is C7H6ClF2N3O. The number of nitrogens with two attached hydrogens (primary N) is 2. The van der Waals surface area contributed by atoms with Gasteiger partial charge in [-0.2, -0.15) is 0 Å². The number of nitrogens with zero attached hydrogens (tertiary/aromatic N) is 1. The lowest BCUT2D eigenvalue weighted by atomic mass is 10.1. The van der Waals surface area contributed by atoms with E-state index in [2.05, 4.69) is 4.98 Å². The zero-order valence-electron chi connectivity index (χ0n) is 6.80. The Hall–Kier alpha value is -1.43. The summed E-state index contributed by atoms with van der Waals surface area (Å²) >= 11 is 5.08. The molecule has 0 aliphatic carbocycles. The Kier molecular flexibility index (Phi) is 2.85. The molecule has 14 heavy (non-hydrogen) atoms. The van der Waals surface area contributed by atoms with Crippen LogP contribution in [0.4, 0.5) is 20.3 Å². The zero-order chi connectivity index (χ0) is 10.9. The van der Waals surface area contributed by atoms with Crippen molar-refractivity contribution in [3.8, 4) is 0 Å². The van der Waals surface area contributed by atoms with E-state index >= 15 is 0 Å². The lowest BCUT2D eigenvalue weighted by molar-refractivity contribution is 0.106. The lowest BCUT2D eigenvalue weighted by Gasteiger charge is -2.09. The van der Waals surface area contributed by atoms with Gasteiger partial charge in [0.15, 0.2) is 0 Å². The number of hydrogen-bond donors (Lipinski definition) is 2. The van der Waals surface area contributed by atoms with Crippen LogP contribution in [0.1, 0.15) is 22.3 Å². The molecule has 1 rings (SSSR count). The van der Waals surface area contributed by atoms with E-state index < -0.39 is 22.8 Å². The van der Waals surface area contributed by atoms with E-state index in [9.17, 15) is 13.6 Å². The standard InChI is InChI=1S/C7H6ClF2N3O/c8-5(14)4-3(6(9)10)2(11)1-13-7(4)12/h1,6H,11H2,(H2,12,13). The van der Waals surface area contributed by atoms with Crippen molar-refractivity contribution in [3.05, 3.63) is 17.3 Å². The van der Waals surface area contributed by atoms with Gasteiger partial charge in [0.2, 0.25) is 0 Å². The molecule has 1 aromatic heterocycles. The van der Waals surface area contributed by atoms with Crippen molar-refractivity contribution in [1.29, 1.82) is 0 Å². The fraction of sp³-hybridized carbons (Fsp3) is 0.143. The Morgan fingerprint density at radius 2 is 2.07 bits per heavy atom. The van der Waals surface area contributed by atoms with Crippen molar-refractivity contribution in [2.75, 3.05) is 11.5 Å². The van der Waals surface area contributed by atoms with E-state index in [4.69, 9.17) is 23.1 Å². The number of pyridine rings is 1. The minimum atomic E-state index is -2.92. The van der Waals surface area contributed by atoms with Crippen LogP contribution in [-0.4, -0.2) is 10.2 Å². The summed E-state index contributed by atoms with van der Waals surface area (Å²) in [5, 5.41) is -1.10. The van der Waals surface area contributed by atoms with E-state index in [1.807, 2.05) is 0 Å². The summed E-state index contributed by atoms with van der Waals surface area (Å²) in [5.41, 5.74) is 8.94.